The number of methoxy groups -OCH3 is 2. The third kappa shape index (κ3) is 9.13. The van der Waals surface area contributed by atoms with Crippen molar-refractivity contribution in [3.63, 3.8) is 0 Å². The van der Waals surface area contributed by atoms with Crippen molar-refractivity contribution in [2.24, 2.45) is 11.8 Å². The molecule has 2 heterocycles. The largest absolute Gasteiger partial charge is 0.361 e. The van der Waals surface area contributed by atoms with Crippen LogP contribution in [0.4, 0.5) is 0 Å². The smallest absolute Gasteiger partial charge is 0.274 e. The number of amides is 4. The molecule has 3 unspecified atom stereocenters. The van der Waals surface area contributed by atoms with E-state index in [0.29, 0.717) is 31.6 Å². The Kier molecular flexibility index (Phi) is 12.3. The number of carbonyl (C=O) groups excluding carboxylic acids is 4. The summed E-state index contributed by atoms with van der Waals surface area (Å²) in [6.45, 7) is 6.20. The number of nitrogens with one attached hydrogen (secondary N) is 4. The van der Waals surface area contributed by atoms with Gasteiger partial charge in [0.15, 0.2) is 12.0 Å². The van der Waals surface area contributed by atoms with E-state index in [-0.39, 0.29) is 29.9 Å². The number of carbonyl (C=O) groups is 4. The molecule has 1 saturated heterocycles. The first-order valence-corrected chi connectivity index (χ1v) is 15.7. The molecule has 1 aliphatic rings. The predicted molar refractivity (Wildman–Crippen MR) is 172 cm³/mol. The number of ether oxygens (including phenoxy) is 2. The van der Waals surface area contributed by atoms with Crippen LogP contribution in [0.25, 0.3) is 10.8 Å². The second kappa shape index (κ2) is 16.3. The van der Waals surface area contributed by atoms with Gasteiger partial charge in [0.2, 0.25) is 17.7 Å². The zero-order valence-corrected chi connectivity index (χ0v) is 27.1. The maximum Gasteiger partial charge on any atom is 0.274 e. The van der Waals surface area contributed by atoms with Crippen LogP contribution in [0.1, 0.15) is 61.3 Å². The minimum atomic E-state index is -1.04. The molecule has 1 aliphatic heterocycles. The fourth-order valence-electron chi connectivity index (χ4n) is 5.89. The fraction of sp³-hybridized carbons (Fsp3) is 0.500. The Morgan fingerprint density at radius 3 is 2.39 bits per heavy atom. The van der Waals surface area contributed by atoms with Gasteiger partial charge in [0.1, 0.15) is 17.8 Å². The van der Waals surface area contributed by atoms with Crippen molar-refractivity contribution in [3.8, 4) is 0 Å². The van der Waals surface area contributed by atoms with Crippen LogP contribution >= 0.6 is 0 Å². The topological polar surface area (TPSA) is 161 Å². The number of aromatic nitrogens is 1. The van der Waals surface area contributed by atoms with Gasteiger partial charge in [-0.3, -0.25) is 19.2 Å². The van der Waals surface area contributed by atoms with E-state index in [1.807, 2.05) is 56.3 Å². The van der Waals surface area contributed by atoms with Gasteiger partial charge >= 0.3 is 0 Å². The molecule has 4 amide bonds. The first-order valence-electron chi connectivity index (χ1n) is 15.7. The average Bonchev–Trinajstić information content (AvgIpc) is 3.48. The third-order valence-corrected chi connectivity index (χ3v) is 8.19. The summed E-state index contributed by atoms with van der Waals surface area (Å²) in [5.41, 5.74) is 0.901. The molecule has 2 aromatic carbocycles. The van der Waals surface area contributed by atoms with Crippen molar-refractivity contribution in [2.75, 3.05) is 20.8 Å². The lowest BCUT2D eigenvalue weighted by Crippen LogP contribution is -2.57. The summed E-state index contributed by atoms with van der Waals surface area (Å²) in [7, 11) is 2.94. The van der Waals surface area contributed by atoms with Crippen LogP contribution in [0.3, 0.4) is 0 Å². The van der Waals surface area contributed by atoms with Crippen molar-refractivity contribution >= 4 is 34.4 Å². The molecule has 0 saturated carbocycles. The SMILES string of the molecule is COC(OC)C(C[C@@H]1CCCNC1=O)NC(=O)C(CC(C)C)NC(=O)C(Cc1cccc2ccccc12)NC(=O)c1cc(C)on1. The highest BCUT2D eigenvalue weighted by molar-refractivity contribution is 5.98. The van der Waals surface area contributed by atoms with Crippen molar-refractivity contribution in [2.45, 2.75) is 77.3 Å². The van der Waals surface area contributed by atoms with Gasteiger partial charge in [-0.1, -0.05) is 61.5 Å². The normalized spacial score (nSPS) is 16.9. The number of piperidine rings is 1. The van der Waals surface area contributed by atoms with E-state index in [0.717, 1.165) is 22.8 Å². The predicted octanol–water partition coefficient (Wildman–Crippen LogP) is 3.03. The lowest BCUT2D eigenvalue weighted by molar-refractivity contribution is -0.145. The molecule has 0 radical (unpaired) electrons. The highest BCUT2D eigenvalue weighted by Gasteiger charge is 2.34. The molecule has 1 fully saturated rings. The minimum Gasteiger partial charge on any atom is -0.361 e. The number of fused-ring (bicyclic) bond motifs is 1. The van der Waals surface area contributed by atoms with E-state index in [2.05, 4.69) is 26.4 Å². The Morgan fingerprint density at radius 1 is 1.00 bits per heavy atom. The number of hydrogen-bond donors (Lipinski definition) is 4. The molecule has 4 N–H and O–H groups in total. The number of benzene rings is 2. The van der Waals surface area contributed by atoms with Gasteiger partial charge in [0.05, 0.1) is 6.04 Å². The van der Waals surface area contributed by atoms with Crippen molar-refractivity contribution < 1.29 is 33.2 Å². The second-order valence-electron chi connectivity index (χ2n) is 12.2. The molecular weight excluding hydrogens is 590 g/mol. The van der Waals surface area contributed by atoms with E-state index in [9.17, 15) is 19.2 Å². The van der Waals surface area contributed by atoms with Crippen molar-refractivity contribution in [3.05, 3.63) is 65.5 Å². The van der Waals surface area contributed by atoms with Crippen molar-refractivity contribution in [1.82, 2.24) is 26.4 Å². The standard InChI is InChI=1S/C34H45N5O7/c1-20(2)16-26(31(41)38-29(34(44-4)45-5)19-24-13-9-15-35-30(24)40)36-32(42)27(37-33(43)28-17-21(3)46-39-28)18-23-12-8-11-22-10-6-7-14-25(22)23/h6-8,10-12,14,17,20,24,26-27,29,34H,9,13,15-16,18-19H2,1-5H3,(H,35,40)(H,36,42)(H,37,43)(H,38,41)/t24-,26?,27?,29?/m0/s1. The van der Waals surface area contributed by atoms with Crippen molar-refractivity contribution in [1.29, 1.82) is 0 Å². The Morgan fingerprint density at radius 2 is 1.72 bits per heavy atom. The van der Waals surface area contributed by atoms with E-state index >= 15 is 0 Å². The Balaban J connectivity index is 1.57. The van der Waals surface area contributed by atoms with Gasteiger partial charge in [-0.05, 0) is 54.9 Å². The number of rotatable bonds is 15. The molecule has 1 aromatic heterocycles. The Hall–Kier alpha value is -4.29. The molecule has 4 rings (SSSR count). The van der Waals surface area contributed by atoms with Crippen LogP contribution in [-0.2, 0) is 30.3 Å². The molecule has 12 heteroatoms. The first kappa shape index (κ1) is 34.6. The molecule has 248 valence electrons. The molecule has 0 spiro atoms. The summed E-state index contributed by atoms with van der Waals surface area (Å²) < 4.78 is 16.1. The van der Waals surface area contributed by atoms with Gasteiger partial charge in [-0.15, -0.1) is 0 Å². The van der Waals surface area contributed by atoms with Crippen LogP contribution in [0, 0.1) is 18.8 Å². The third-order valence-electron chi connectivity index (χ3n) is 8.19. The highest BCUT2D eigenvalue weighted by Crippen LogP contribution is 2.22. The summed E-state index contributed by atoms with van der Waals surface area (Å²) in [4.78, 5) is 53.5. The van der Waals surface area contributed by atoms with Gasteiger partial charge in [0, 0.05) is 39.2 Å². The maximum atomic E-state index is 14.0. The monoisotopic (exact) mass is 635 g/mol. The molecule has 46 heavy (non-hydrogen) atoms. The average molecular weight is 636 g/mol. The quantitative estimate of drug-likeness (QED) is 0.185. The van der Waals surface area contributed by atoms with Crippen LogP contribution in [0.2, 0.25) is 0 Å². The Labute approximate surface area is 269 Å². The summed E-state index contributed by atoms with van der Waals surface area (Å²) in [6.07, 6.45) is 1.52. The summed E-state index contributed by atoms with van der Waals surface area (Å²) in [6, 6.07) is 12.5. The number of nitrogens with zero attached hydrogens (tertiary/aromatic N) is 1. The molecule has 0 bridgehead atoms. The fourth-order valence-corrected chi connectivity index (χ4v) is 5.89. The second-order valence-corrected chi connectivity index (χ2v) is 12.2. The zero-order chi connectivity index (χ0) is 33.2. The van der Waals surface area contributed by atoms with Gasteiger partial charge < -0.3 is 35.3 Å². The van der Waals surface area contributed by atoms with E-state index in [4.69, 9.17) is 14.0 Å². The van der Waals surface area contributed by atoms with Crippen LogP contribution in [0.15, 0.2) is 53.1 Å². The van der Waals surface area contributed by atoms with Crippen LogP contribution < -0.4 is 21.3 Å². The van der Waals surface area contributed by atoms with Crippen LogP contribution in [-0.4, -0.2) is 74.0 Å². The van der Waals surface area contributed by atoms with Gasteiger partial charge in [0.25, 0.3) is 5.91 Å². The Bertz CT molecular complexity index is 1500. The van der Waals surface area contributed by atoms with E-state index in [1.54, 1.807) is 6.92 Å². The molecule has 0 aliphatic carbocycles. The lowest BCUT2D eigenvalue weighted by atomic mass is 9.91. The molecule has 4 atom stereocenters. The summed E-state index contributed by atoms with van der Waals surface area (Å²) in [5.74, 6) is -1.42. The van der Waals surface area contributed by atoms with E-state index < -0.39 is 42.1 Å². The zero-order valence-electron chi connectivity index (χ0n) is 27.1. The number of hydrogen-bond acceptors (Lipinski definition) is 8. The maximum absolute atomic E-state index is 14.0. The number of aryl methyl sites for hydroxylation is 1. The first-order chi connectivity index (χ1) is 22.1. The van der Waals surface area contributed by atoms with Gasteiger partial charge in [-0.2, -0.15) is 0 Å². The minimum absolute atomic E-state index is 0.0449. The van der Waals surface area contributed by atoms with E-state index in [1.165, 1.54) is 20.3 Å². The molecular formula is C34H45N5O7. The lowest BCUT2D eigenvalue weighted by Gasteiger charge is -2.32. The van der Waals surface area contributed by atoms with Crippen LogP contribution in [0.5, 0.6) is 0 Å². The molecule has 12 nitrogen and oxygen atoms in total. The summed E-state index contributed by atoms with van der Waals surface area (Å²) in [5, 5.41) is 17.3. The molecule has 3 aromatic rings. The summed E-state index contributed by atoms with van der Waals surface area (Å²) >= 11 is 0. The highest BCUT2D eigenvalue weighted by atomic mass is 16.7. The van der Waals surface area contributed by atoms with Gasteiger partial charge in [-0.25, -0.2) is 0 Å².